The van der Waals surface area contributed by atoms with Gasteiger partial charge in [-0.25, -0.2) is 0 Å². The van der Waals surface area contributed by atoms with Gasteiger partial charge in [-0.3, -0.25) is 3.53 Å². The Bertz CT molecular complexity index is 488. The Morgan fingerprint density at radius 1 is 1.32 bits per heavy atom. The van der Waals surface area contributed by atoms with Gasteiger partial charge in [0.25, 0.3) is 0 Å². The van der Waals surface area contributed by atoms with Crippen molar-refractivity contribution < 1.29 is 0 Å². The normalized spacial score (nSPS) is 41.5. The van der Waals surface area contributed by atoms with Gasteiger partial charge in [0.05, 0.1) is 0 Å². The monoisotopic (exact) mass is 413 g/mol. The first kappa shape index (κ1) is 17.0. The summed E-state index contributed by atoms with van der Waals surface area (Å²) in [6, 6.07) is 0. The van der Waals surface area contributed by atoms with Gasteiger partial charge in [0.2, 0.25) is 0 Å². The quantitative estimate of drug-likeness (QED) is 0.438. The van der Waals surface area contributed by atoms with Crippen LogP contribution in [0.4, 0.5) is 0 Å². The molecule has 1 fully saturated rings. The molecule has 0 aromatic carbocycles. The molecule has 22 heavy (non-hydrogen) atoms. The number of allylic oxidation sites excluding steroid dienone is 4. The number of fused-ring (bicyclic) bond motifs is 3. The Kier molecular flexibility index (Phi) is 4.82. The maximum Gasteiger partial charge on any atom is 0.0169 e. The van der Waals surface area contributed by atoms with Crippen molar-refractivity contribution in [1.29, 1.82) is 0 Å². The fourth-order valence-corrected chi connectivity index (χ4v) is 6.71. The zero-order valence-corrected chi connectivity index (χ0v) is 16.9. The molecular formula is C20H32IN. The molecule has 3 aliphatic rings. The van der Waals surface area contributed by atoms with Crippen LogP contribution in [-0.4, -0.2) is 6.54 Å². The molecule has 2 heteroatoms. The van der Waals surface area contributed by atoms with Gasteiger partial charge in [-0.05, 0) is 66.3 Å². The molecule has 0 saturated heterocycles. The molecule has 0 aromatic heterocycles. The summed E-state index contributed by atoms with van der Waals surface area (Å²) in [5.41, 5.74) is 4.35. The Balaban J connectivity index is 1.94. The highest BCUT2D eigenvalue weighted by Gasteiger charge is 2.53. The van der Waals surface area contributed by atoms with Crippen molar-refractivity contribution in [2.45, 2.75) is 66.2 Å². The van der Waals surface area contributed by atoms with E-state index in [1.54, 1.807) is 11.1 Å². The molecular weight excluding hydrogens is 381 g/mol. The minimum atomic E-state index is 0.470. The van der Waals surface area contributed by atoms with E-state index in [0.29, 0.717) is 16.7 Å². The molecule has 124 valence electrons. The standard InChI is InChI=1S/C20H32IN/c1-14(2)15-6-8-17-16(12-15)7-9-18-19(3,13-22-21)10-5-11-20(17,18)4/h7,12,14,17-18,22H,5-6,8-11,13H2,1-4H3/t17?,18?,19-,20+/m0/s1. The Hall–Kier alpha value is 0.170. The summed E-state index contributed by atoms with van der Waals surface area (Å²) in [6.45, 7) is 11.0. The van der Waals surface area contributed by atoms with Gasteiger partial charge in [-0.1, -0.05) is 51.8 Å². The van der Waals surface area contributed by atoms with Crippen LogP contribution in [0.15, 0.2) is 23.3 Å². The molecule has 0 amide bonds. The van der Waals surface area contributed by atoms with E-state index in [-0.39, 0.29) is 0 Å². The van der Waals surface area contributed by atoms with Crippen molar-refractivity contribution in [2.75, 3.05) is 6.54 Å². The third kappa shape index (κ3) is 2.72. The fourth-order valence-electron chi connectivity index (χ4n) is 5.84. The third-order valence-corrected chi connectivity index (χ3v) is 7.56. The van der Waals surface area contributed by atoms with Crippen molar-refractivity contribution >= 4 is 22.9 Å². The number of nitrogens with one attached hydrogen (secondary N) is 1. The van der Waals surface area contributed by atoms with Gasteiger partial charge in [0.1, 0.15) is 0 Å². The topological polar surface area (TPSA) is 12.0 Å². The van der Waals surface area contributed by atoms with E-state index >= 15 is 0 Å². The molecule has 4 atom stereocenters. The van der Waals surface area contributed by atoms with Gasteiger partial charge in [-0.15, -0.1) is 0 Å². The van der Waals surface area contributed by atoms with Crippen LogP contribution in [0.25, 0.3) is 0 Å². The molecule has 0 heterocycles. The lowest BCUT2D eigenvalue weighted by Gasteiger charge is -2.58. The lowest BCUT2D eigenvalue weighted by Crippen LogP contribution is -2.52. The van der Waals surface area contributed by atoms with E-state index in [1.807, 2.05) is 0 Å². The highest BCUT2D eigenvalue weighted by molar-refractivity contribution is 14.1. The van der Waals surface area contributed by atoms with Crippen LogP contribution in [0.5, 0.6) is 0 Å². The molecule has 1 N–H and O–H groups in total. The largest absolute Gasteiger partial charge is 0.261 e. The molecule has 0 aromatic rings. The zero-order chi connectivity index (χ0) is 16.0. The molecule has 2 unspecified atom stereocenters. The smallest absolute Gasteiger partial charge is 0.0169 e. The van der Waals surface area contributed by atoms with Gasteiger partial charge in [0, 0.05) is 29.4 Å². The minimum absolute atomic E-state index is 0.470. The predicted molar refractivity (Wildman–Crippen MR) is 104 cm³/mol. The van der Waals surface area contributed by atoms with Crippen LogP contribution in [0.3, 0.4) is 0 Å². The number of halogens is 1. The van der Waals surface area contributed by atoms with Gasteiger partial charge < -0.3 is 0 Å². The van der Waals surface area contributed by atoms with Crippen molar-refractivity contribution in [3.8, 4) is 0 Å². The van der Waals surface area contributed by atoms with E-state index in [4.69, 9.17) is 0 Å². The fraction of sp³-hybridized carbons (Fsp3) is 0.800. The second kappa shape index (κ2) is 6.23. The van der Waals surface area contributed by atoms with E-state index in [0.717, 1.165) is 18.4 Å². The van der Waals surface area contributed by atoms with Crippen molar-refractivity contribution in [2.24, 2.45) is 28.6 Å². The SMILES string of the molecule is CC(C)C1=CC2=CCC3[C@](C)(CNI)CCC[C@]3(C)C2CC1. The highest BCUT2D eigenvalue weighted by Crippen LogP contribution is 2.61. The summed E-state index contributed by atoms with van der Waals surface area (Å²) in [4.78, 5) is 0. The summed E-state index contributed by atoms with van der Waals surface area (Å²) < 4.78 is 3.46. The first-order chi connectivity index (χ1) is 10.4. The van der Waals surface area contributed by atoms with Crippen LogP contribution >= 0.6 is 22.9 Å². The Morgan fingerprint density at radius 2 is 2.09 bits per heavy atom. The lowest BCUT2D eigenvalue weighted by molar-refractivity contribution is -0.0448. The molecule has 3 aliphatic carbocycles. The lowest BCUT2D eigenvalue weighted by atomic mass is 9.47. The first-order valence-corrected chi connectivity index (χ1v) is 10.2. The molecule has 0 aliphatic heterocycles. The second-order valence-electron chi connectivity index (χ2n) is 8.78. The van der Waals surface area contributed by atoms with Gasteiger partial charge >= 0.3 is 0 Å². The van der Waals surface area contributed by atoms with E-state index in [1.165, 1.54) is 38.5 Å². The van der Waals surface area contributed by atoms with Crippen LogP contribution < -0.4 is 3.53 Å². The highest BCUT2D eigenvalue weighted by atomic mass is 127. The van der Waals surface area contributed by atoms with Crippen molar-refractivity contribution in [3.05, 3.63) is 23.3 Å². The third-order valence-electron chi connectivity index (χ3n) is 7.17. The van der Waals surface area contributed by atoms with E-state index in [9.17, 15) is 0 Å². The predicted octanol–water partition coefficient (Wildman–Crippen LogP) is 6.06. The summed E-state index contributed by atoms with van der Waals surface area (Å²) in [5.74, 6) is 2.37. The number of hydrogen-bond acceptors (Lipinski definition) is 1. The van der Waals surface area contributed by atoms with E-state index < -0.39 is 0 Å². The van der Waals surface area contributed by atoms with Crippen LogP contribution in [0.2, 0.25) is 0 Å². The molecule has 1 nitrogen and oxygen atoms in total. The Morgan fingerprint density at radius 3 is 2.77 bits per heavy atom. The summed E-state index contributed by atoms with van der Waals surface area (Å²) in [7, 11) is 0. The average molecular weight is 413 g/mol. The maximum absolute atomic E-state index is 3.46. The second-order valence-corrected chi connectivity index (χ2v) is 9.54. The number of rotatable bonds is 3. The van der Waals surface area contributed by atoms with Crippen molar-refractivity contribution in [3.63, 3.8) is 0 Å². The summed E-state index contributed by atoms with van der Waals surface area (Å²) >= 11 is 2.34. The zero-order valence-electron chi connectivity index (χ0n) is 14.7. The van der Waals surface area contributed by atoms with Crippen LogP contribution in [0.1, 0.15) is 66.2 Å². The van der Waals surface area contributed by atoms with Crippen LogP contribution in [0, 0.1) is 28.6 Å². The molecule has 0 spiro atoms. The maximum atomic E-state index is 3.46. The first-order valence-electron chi connectivity index (χ1n) is 9.15. The molecule has 0 radical (unpaired) electrons. The van der Waals surface area contributed by atoms with Crippen LogP contribution in [-0.2, 0) is 0 Å². The molecule has 0 bridgehead atoms. The summed E-state index contributed by atoms with van der Waals surface area (Å²) in [5, 5.41) is 0. The van der Waals surface area contributed by atoms with Crippen molar-refractivity contribution in [1.82, 2.24) is 3.53 Å². The minimum Gasteiger partial charge on any atom is -0.261 e. The average Bonchev–Trinajstić information content (AvgIpc) is 2.46. The van der Waals surface area contributed by atoms with Gasteiger partial charge in [0.15, 0.2) is 0 Å². The number of hydrogen-bond donors (Lipinski definition) is 1. The summed E-state index contributed by atoms with van der Waals surface area (Å²) in [6.07, 6.45) is 13.4. The molecule has 3 rings (SSSR count). The Labute approximate surface area is 150 Å². The van der Waals surface area contributed by atoms with Gasteiger partial charge in [-0.2, -0.15) is 0 Å². The van der Waals surface area contributed by atoms with E-state index in [2.05, 4.69) is 66.2 Å². The molecule has 1 saturated carbocycles.